The van der Waals surface area contributed by atoms with Gasteiger partial charge in [-0.05, 0) is 0 Å². The Morgan fingerprint density at radius 1 is 1.28 bits per heavy atom. The molecule has 2 rings (SSSR count). The van der Waals surface area contributed by atoms with Crippen molar-refractivity contribution < 1.29 is 17.9 Å². The van der Waals surface area contributed by atoms with Gasteiger partial charge in [-0.3, -0.25) is 0 Å². The molecule has 0 amide bonds. The molecule has 0 bridgehead atoms. The largest absolute Gasteiger partial charge is 0.486 e. The van der Waals surface area contributed by atoms with Gasteiger partial charge < -0.3 is 15.2 Å². The molecule has 0 atom stereocenters. The molecule has 0 radical (unpaired) electrons. The van der Waals surface area contributed by atoms with E-state index >= 15 is 0 Å². The molecule has 0 saturated heterocycles. The zero-order valence-corrected chi connectivity index (χ0v) is 11.1. The number of hydrogen-bond donors (Lipinski definition) is 2. The van der Waals surface area contributed by atoms with Gasteiger partial charge in [-0.15, -0.1) is 0 Å². The van der Waals surface area contributed by atoms with Gasteiger partial charge in [0.1, 0.15) is 18.1 Å². The monoisotopic (exact) mass is 292 g/mol. The summed E-state index contributed by atoms with van der Waals surface area (Å²) in [5, 5.41) is 0.0868. The summed E-state index contributed by atoms with van der Waals surface area (Å²) in [6, 6.07) is 2.79. The Kier molecular flexibility index (Phi) is 3.96. The second-order valence-corrected chi connectivity index (χ2v) is 5.76. The number of fused-ring (bicyclic) bond motifs is 1. The fourth-order valence-electron chi connectivity index (χ4n) is 1.52. The molecule has 6 nitrogen and oxygen atoms in total. The van der Waals surface area contributed by atoms with E-state index in [1.807, 2.05) is 0 Å². The van der Waals surface area contributed by atoms with Gasteiger partial charge in [0.25, 0.3) is 0 Å². The molecular weight excluding hydrogens is 280 g/mol. The second kappa shape index (κ2) is 5.31. The Bertz CT molecular complexity index is 547. The molecule has 0 aromatic heterocycles. The number of ether oxygens (including phenoxy) is 2. The van der Waals surface area contributed by atoms with Crippen LogP contribution in [0.4, 0.5) is 0 Å². The first-order valence-corrected chi connectivity index (χ1v) is 7.19. The Morgan fingerprint density at radius 2 is 1.89 bits per heavy atom. The molecule has 1 heterocycles. The molecule has 1 aliphatic heterocycles. The predicted molar refractivity (Wildman–Crippen MR) is 66.7 cm³/mol. The first kappa shape index (κ1) is 13.4. The average Bonchev–Trinajstić information content (AvgIpc) is 2.35. The van der Waals surface area contributed by atoms with Crippen LogP contribution in [0.1, 0.15) is 0 Å². The average molecular weight is 293 g/mol. The van der Waals surface area contributed by atoms with Crippen LogP contribution in [0.5, 0.6) is 11.5 Å². The van der Waals surface area contributed by atoms with Crippen molar-refractivity contribution in [1.29, 1.82) is 0 Å². The Morgan fingerprint density at radius 3 is 2.50 bits per heavy atom. The van der Waals surface area contributed by atoms with Crippen molar-refractivity contribution in [2.45, 2.75) is 4.90 Å². The van der Waals surface area contributed by atoms with Crippen molar-refractivity contribution in [3.05, 3.63) is 17.2 Å². The highest BCUT2D eigenvalue weighted by atomic mass is 35.5. The van der Waals surface area contributed by atoms with Crippen LogP contribution in [-0.2, 0) is 10.0 Å². The van der Waals surface area contributed by atoms with Gasteiger partial charge in [0, 0.05) is 25.2 Å². The van der Waals surface area contributed by atoms with Crippen molar-refractivity contribution >= 4 is 21.6 Å². The molecule has 0 saturated carbocycles. The summed E-state index contributed by atoms with van der Waals surface area (Å²) >= 11 is 5.94. The van der Waals surface area contributed by atoms with Crippen LogP contribution in [0.15, 0.2) is 17.0 Å². The van der Waals surface area contributed by atoms with E-state index in [9.17, 15) is 8.42 Å². The van der Waals surface area contributed by atoms with Crippen molar-refractivity contribution in [2.24, 2.45) is 5.73 Å². The maximum atomic E-state index is 12.0. The lowest BCUT2D eigenvalue weighted by molar-refractivity contribution is 0.171. The van der Waals surface area contributed by atoms with Crippen LogP contribution < -0.4 is 19.9 Å². The summed E-state index contributed by atoms with van der Waals surface area (Å²) in [6.07, 6.45) is 0. The first-order valence-electron chi connectivity index (χ1n) is 5.33. The van der Waals surface area contributed by atoms with E-state index in [0.29, 0.717) is 24.7 Å². The number of halogens is 1. The normalized spacial score (nSPS) is 14.6. The third-order valence-electron chi connectivity index (χ3n) is 2.32. The molecule has 0 spiro atoms. The lowest BCUT2D eigenvalue weighted by Gasteiger charge is -2.19. The Labute approximate surface area is 110 Å². The SMILES string of the molecule is NCCNS(=O)(=O)c1cc2c(cc1Cl)OCCO2. The summed E-state index contributed by atoms with van der Waals surface area (Å²) < 4.78 is 36.9. The third-order valence-corrected chi connectivity index (χ3v) is 4.25. The minimum Gasteiger partial charge on any atom is -0.486 e. The number of sulfonamides is 1. The molecule has 0 aliphatic carbocycles. The highest BCUT2D eigenvalue weighted by Crippen LogP contribution is 2.37. The lowest BCUT2D eigenvalue weighted by Crippen LogP contribution is -2.29. The molecule has 100 valence electrons. The third kappa shape index (κ3) is 2.69. The van der Waals surface area contributed by atoms with Crippen molar-refractivity contribution in [2.75, 3.05) is 26.3 Å². The molecular formula is C10H13ClN2O4S. The van der Waals surface area contributed by atoms with Crippen molar-refractivity contribution in [3.8, 4) is 11.5 Å². The lowest BCUT2D eigenvalue weighted by atomic mass is 10.3. The highest BCUT2D eigenvalue weighted by Gasteiger charge is 2.22. The molecule has 1 aromatic carbocycles. The number of benzene rings is 1. The summed E-state index contributed by atoms with van der Waals surface area (Å²) in [4.78, 5) is -0.0399. The van der Waals surface area contributed by atoms with E-state index in [2.05, 4.69) is 4.72 Å². The van der Waals surface area contributed by atoms with E-state index in [1.54, 1.807) is 0 Å². The van der Waals surface area contributed by atoms with E-state index < -0.39 is 10.0 Å². The number of hydrogen-bond acceptors (Lipinski definition) is 5. The maximum absolute atomic E-state index is 12.0. The Balaban J connectivity index is 2.39. The fourth-order valence-corrected chi connectivity index (χ4v) is 3.10. The van der Waals surface area contributed by atoms with Crippen LogP contribution in [0.25, 0.3) is 0 Å². The van der Waals surface area contributed by atoms with Crippen LogP contribution in [0.3, 0.4) is 0 Å². The molecule has 0 unspecified atom stereocenters. The van der Waals surface area contributed by atoms with Gasteiger partial charge in [-0.25, -0.2) is 13.1 Å². The van der Waals surface area contributed by atoms with Gasteiger partial charge in [0.15, 0.2) is 11.5 Å². The summed E-state index contributed by atoms with van der Waals surface area (Å²) in [5.41, 5.74) is 5.26. The summed E-state index contributed by atoms with van der Waals surface area (Å²) in [7, 11) is -3.68. The van der Waals surface area contributed by atoms with E-state index in [1.165, 1.54) is 12.1 Å². The van der Waals surface area contributed by atoms with Crippen molar-refractivity contribution in [1.82, 2.24) is 4.72 Å². The number of nitrogens with two attached hydrogens (primary N) is 1. The fraction of sp³-hybridized carbons (Fsp3) is 0.400. The highest BCUT2D eigenvalue weighted by molar-refractivity contribution is 7.89. The van der Waals surface area contributed by atoms with Crippen LogP contribution in [0, 0.1) is 0 Å². The zero-order chi connectivity index (χ0) is 13.2. The molecule has 1 aromatic rings. The van der Waals surface area contributed by atoms with Crippen LogP contribution in [-0.4, -0.2) is 34.7 Å². The van der Waals surface area contributed by atoms with Gasteiger partial charge in [-0.2, -0.15) is 0 Å². The van der Waals surface area contributed by atoms with Gasteiger partial charge in [-0.1, -0.05) is 11.6 Å². The van der Waals surface area contributed by atoms with Crippen molar-refractivity contribution in [3.63, 3.8) is 0 Å². The standard InChI is InChI=1S/C10H13ClN2O4S/c11-7-5-8-9(17-4-3-16-8)6-10(7)18(14,15)13-2-1-12/h5-6,13H,1-4,12H2. The van der Waals surface area contributed by atoms with Gasteiger partial charge in [0.2, 0.25) is 10.0 Å². The second-order valence-electron chi connectivity index (χ2n) is 3.61. The van der Waals surface area contributed by atoms with Crippen LogP contribution >= 0.6 is 11.6 Å². The minimum absolute atomic E-state index is 0.0399. The summed E-state index contributed by atoms with van der Waals surface area (Å²) in [6.45, 7) is 1.15. The minimum atomic E-state index is -3.68. The number of nitrogens with one attached hydrogen (secondary N) is 1. The molecule has 1 aliphatic rings. The maximum Gasteiger partial charge on any atom is 0.242 e. The molecule has 8 heteroatoms. The molecule has 18 heavy (non-hydrogen) atoms. The molecule has 3 N–H and O–H groups in total. The molecule has 0 fully saturated rings. The van der Waals surface area contributed by atoms with Crippen LogP contribution in [0.2, 0.25) is 5.02 Å². The van der Waals surface area contributed by atoms with Gasteiger partial charge >= 0.3 is 0 Å². The predicted octanol–water partition coefficient (Wildman–Crippen LogP) is 0.348. The first-order chi connectivity index (χ1) is 8.54. The topological polar surface area (TPSA) is 90.7 Å². The smallest absolute Gasteiger partial charge is 0.242 e. The quantitative estimate of drug-likeness (QED) is 0.835. The van der Waals surface area contributed by atoms with E-state index in [4.69, 9.17) is 26.8 Å². The van der Waals surface area contributed by atoms with E-state index in [0.717, 1.165) is 0 Å². The van der Waals surface area contributed by atoms with Gasteiger partial charge in [0.05, 0.1) is 5.02 Å². The number of rotatable bonds is 4. The Hall–Kier alpha value is -1.02. The summed E-state index contributed by atoms with van der Waals surface area (Å²) in [5.74, 6) is 0.822. The zero-order valence-electron chi connectivity index (χ0n) is 9.48. The van der Waals surface area contributed by atoms with E-state index in [-0.39, 0.29) is 23.0 Å².